The number of amides is 1. The Hall–Kier alpha value is -3.07. The Kier molecular flexibility index (Phi) is 7.90. The molecule has 1 amide bonds. The summed E-state index contributed by atoms with van der Waals surface area (Å²) >= 11 is 0. The lowest BCUT2D eigenvalue weighted by molar-refractivity contribution is -0.136. The maximum atomic E-state index is 13.2. The third-order valence-electron chi connectivity index (χ3n) is 4.13. The summed E-state index contributed by atoms with van der Waals surface area (Å²) in [6, 6.07) is 8.11. The smallest absolute Gasteiger partial charge is 0.362 e. The number of nitrogens with zero attached hydrogens (tertiary/aromatic N) is 2. The Balaban J connectivity index is 2.24. The SMILES string of the molecule is [C-]#[N+]c1ccc(N(CCS(=O)c2ccc(NC(C)=O)cc2)CC(F)(F)F)cc1C(F)(F)F. The fourth-order valence-corrected chi connectivity index (χ4v) is 3.83. The summed E-state index contributed by atoms with van der Waals surface area (Å²) in [6.45, 7) is 6.14. The Bertz CT molecular complexity index is 1030. The van der Waals surface area contributed by atoms with Crippen LogP contribution in [0.25, 0.3) is 4.85 Å². The number of halogens is 6. The van der Waals surface area contributed by atoms with Gasteiger partial charge in [-0.3, -0.25) is 9.00 Å². The maximum Gasteiger partial charge on any atom is 0.407 e. The molecular weight excluding hydrogens is 460 g/mol. The number of rotatable bonds is 7. The highest BCUT2D eigenvalue weighted by atomic mass is 32.2. The summed E-state index contributed by atoms with van der Waals surface area (Å²) in [4.78, 5) is 14.7. The molecule has 0 bridgehead atoms. The topological polar surface area (TPSA) is 53.8 Å². The van der Waals surface area contributed by atoms with Crippen LogP contribution in [0.1, 0.15) is 12.5 Å². The average molecular weight is 477 g/mol. The van der Waals surface area contributed by atoms with Crippen LogP contribution in [0, 0.1) is 6.57 Å². The van der Waals surface area contributed by atoms with Gasteiger partial charge in [-0.15, -0.1) is 0 Å². The van der Waals surface area contributed by atoms with Gasteiger partial charge in [-0.25, -0.2) is 4.85 Å². The minimum Gasteiger partial charge on any atom is -0.362 e. The number of carbonyl (C=O) groups is 1. The van der Waals surface area contributed by atoms with Crippen molar-refractivity contribution in [3.63, 3.8) is 0 Å². The van der Waals surface area contributed by atoms with Gasteiger partial charge in [0.05, 0.1) is 22.9 Å². The van der Waals surface area contributed by atoms with E-state index in [4.69, 9.17) is 6.57 Å². The highest BCUT2D eigenvalue weighted by Crippen LogP contribution is 2.39. The van der Waals surface area contributed by atoms with Gasteiger partial charge in [0.2, 0.25) is 5.91 Å². The normalized spacial score (nSPS) is 12.7. The fourth-order valence-electron chi connectivity index (χ4n) is 2.77. The Morgan fingerprint density at radius 3 is 2.22 bits per heavy atom. The first-order chi connectivity index (χ1) is 14.8. The molecule has 2 aromatic carbocycles. The number of anilines is 2. The molecule has 1 unspecified atom stereocenters. The van der Waals surface area contributed by atoms with E-state index in [1.165, 1.54) is 31.2 Å². The molecule has 172 valence electrons. The Labute approximate surface area is 182 Å². The maximum absolute atomic E-state index is 13.2. The lowest BCUT2D eigenvalue weighted by Crippen LogP contribution is -2.37. The van der Waals surface area contributed by atoms with E-state index < -0.39 is 47.5 Å². The minimum absolute atomic E-state index is 0.283. The van der Waals surface area contributed by atoms with E-state index in [0.29, 0.717) is 16.7 Å². The van der Waals surface area contributed by atoms with Gasteiger partial charge in [0.1, 0.15) is 6.54 Å². The molecule has 0 spiro atoms. The van der Waals surface area contributed by atoms with Gasteiger partial charge in [-0.2, -0.15) is 26.3 Å². The van der Waals surface area contributed by atoms with Crippen molar-refractivity contribution in [2.75, 3.05) is 29.1 Å². The highest BCUT2D eigenvalue weighted by molar-refractivity contribution is 7.85. The standard InChI is InChI=1S/C20H17F6N3O2S/c1-13(30)28-14-3-6-16(7-4-14)32(31)10-9-29(12-19(21,22)23)15-5-8-18(27-2)17(11-15)20(24,25)26/h3-8,11H,9-10,12H2,1H3,(H,28,30). The van der Waals surface area contributed by atoms with E-state index in [9.17, 15) is 35.3 Å². The molecular formula is C20H17F6N3O2S. The third-order valence-corrected chi connectivity index (χ3v) is 5.48. The van der Waals surface area contributed by atoms with Crippen LogP contribution >= 0.6 is 0 Å². The molecule has 0 aliphatic heterocycles. The van der Waals surface area contributed by atoms with E-state index in [1.807, 2.05) is 0 Å². The molecule has 0 aliphatic rings. The van der Waals surface area contributed by atoms with E-state index in [0.717, 1.165) is 12.1 Å². The van der Waals surface area contributed by atoms with Gasteiger partial charge >= 0.3 is 12.4 Å². The van der Waals surface area contributed by atoms with E-state index in [1.54, 1.807) is 0 Å². The molecule has 32 heavy (non-hydrogen) atoms. The molecule has 0 saturated heterocycles. The van der Waals surface area contributed by atoms with E-state index in [-0.39, 0.29) is 22.2 Å². The van der Waals surface area contributed by atoms with Crippen LogP contribution in [-0.4, -0.2) is 35.1 Å². The first kappa shape index (κ1) is 25.2. The molecule has 2 rings (SSSR count). The monoisotopic (exact) mass is 477 g/mol. The number of hydrogen-bond acceptors (Lipinski definition) is 3. The second-order valence-corrected chi connectivity index (χ2v) is 8.17. The van der Waals surface area contributed by atoms with Crippen molar-refractivity contribution in [2.24, 2.45) is 0 Å². The molecule has 0 heterocycles. The molecule has 5 nitrogen and oxygen atoms in total. The van der Waals surface area contributed by atoms with Crippen LogP contribution in [0.4, 0.5) is 43.4 Å². The van der Waals surface area contributed by atoms with Crippen molar-refractivity contribution >= 4 is 33.8 Å². The van der Waals surface area contributed by atoms with Crippen LogP contribution in [0.2, 0.25) is 0 Å². The summed E-state index contributed by atoms with van der Waals surface area (Å²) < 4.78 is 91.3. The van der Waals surface area contributed by atoms with Crippen molar-refractivity contribution in [2.45, 2.75) is 24.2 Å². The highest BCUT2D eigenvalue weighted by Gasteiger charge is 2.35. The molecule has 0 aliphatic carbocycles. The molecule has 1 N–H and O–H groups in total. The van der Waals surface area contributed by atoms with Crippen LogP contribution in [0.15, 0.2) is 47.4 Å². The average Bonchev–Trinajstić information content (AvgIpc) is 2.69. The van der Waals surface area contributed by atoms with Gasteiger partial charge in [0.25, 0.3) is 0 Å². The number of nitrogens with one attached hydrogen (secondary N) is 1. The van der Waals surface area contributed by atoms with Crippen LogP contribution < -0.4 is 10.2 Å². The quantitative estimate of drug-likeness (QED) is 0.430. The molecule has 0 aromatic heterocycles. The first-order valence-electron chi connectivity index (χ1n) is 8.96. The zero-order valence-electron chi connectivity index (χ0n) is 16.5. The number of hydrogen-bond donors (Lipinski definition) is 1. The van der Waals surface area contributed by atoms with Gasteiger partial charge in [-0.05, 0) is 36.4 Å². The minimum atomic E-state index is -4.92. The Morgan fingerprint density at radius 1 is 1.09 bits per heavy atom. The summed E-state index contributed by atoms with van der Waals surface area (Å²) in [5, 5.41) is 2.51. The van der Waals surface area contributed by atoms with Crippen molar-refractivity contribution in [1.29, 1.82) is 0 Å². The summed E-state index contributed by atoms with van der Waals surface area (Å²) in [7, 11) is -1.75. The van der Waals surface area contributed by atoms with E-state index >= 15 is 0 Å². The van der Waals surface area contributed by atoms with E-state index in [2.05, 4.69) is 10.2 Å². The van der Waals surface area contributed by atoms with Crippen molar-refractivity contribution in [3.05, 3.63) is 59.4 Å². The van der Waals surface area contributed by atoms with Gasteiger partial charge in [0, 0.05) is 35.5 Å². The zero-order valence-corrected chi connectivity index (χ0v) is 17.4. The van der Waals surface area contributed by atoms with Gasteiger partial charge in [-0.1, -0.05) is 6.07 Å². The lowest BCUT2D eigenvalue weighted by atomic mass is 10.1. The molecule has 0 saturated carbocycles. The van der Waals surface area contributed by atoms with Crippen LogP contribution in [0.3, 0.4) is 0 Å². The molecule has 0 fully saturated rings. The number of benzene rings is 2. The third kappa shape index (κ3) is 7.26. The first-order valence-corrected chi connectivity index (χ1v) is 10.3. The largest absolute Gasteiger partial charge is 0.407 e. The summed E-state index contributed by atoms with van der Waals surface area (Å²) in [6.07, 6.45) is -9.64. The second-order valence-electron chi connectivity index (χ2n) is 6.60. The zero-order chi connectivity index (χ0) is 24.1. The van der Waals surface area contributed by atoms with Crippen molar-refractivity contribution in [3.8, 4) is 0 Å². The predicted molar refractivity (Wildman–Crippen MR) is 108 cm³/mol. The van der Waals surface area contributed by atoms with Gasteiger partial charge in [0.15, 0.2) is 5.69 Å². The second kappa shape index (κ2) is 10.0. The summed E-state index contributed by atoms with van der Waals surface area (Å²) in [5.74, 6) is -0.606. The number of carbonyl (C=O) groups excluding carboxylic acids is 1. The Morgan fingerprint density at radius 2 is 1.72 bits per heavy atom. The van der Waals surface area contributed by atoms with Crippen LogP contribution in [-0.2, 0) is 21.8 Å². The van der Waals surface area contributed by atoms with Crippen molar-refractivity contribution < 1.29 is 35.3 Å². The predicted octanol–water partition coefficient (Wildman–Crippen LogP) is 5.39. The summed E-state index contributed by atoms with van der Waals surface area (Å²) in [5.41, 5.74) is -2.01. The van der Waals surface area contributed by atoms with Crippen LogP contribution in [0.5, 0.6) is 0 Å². The number of alkyl halides is 6. The lowest BCUT2D eigenvalue weighted by Gasteiger charge is -2.27. The fraction of sp³-hybridized carbons (Fsp3) is 0.300. The van der Waals surface area contributed by atoms with Crippen molar-refractivity contribution in [1.82, 2.24) is 0 Å². The van der Waals surface area contributed by atoms with Gasteiger partial charge < -0.3 is 10.2 Å². The molecule has 2 aromatic rings. The molecule has 1 atom stereocenters. The molecule has 0 radical (unpaired) electrons. The molecule has 12 heteroatoms.